The van der Waals surface area contributed by atoms with Crippen LogP contribution in [-0.2, 0) is 4.79 Å². The average molecular weight is 193 g/mol. The van der Waals surface area contributed by atoms with Crippen molar-refractivity contribution in [2.45, 2.75) is 6.92 Å². The summed E-state index contributed by atoms with van der Waals surface area (Å²) >= 11 is 8.24. The molecule has 0 rings (SSSR count). The van der Waals surface area contributed by atoms with Crippen molar-refractivity contribution in [1.82, 2.24) is 4.90 Å². The molecule has 2 nitrogen and oxygen atoms in total. The highest BCUT2D eigenvalue weighted by Gasteiger charge is 2.31. The number of rotatable bonds is 3. The van der Waals surface area contributed by atoms with Gasteiger partial charge in [-0.25, -0.2) is 0 Å². The number of nitrogens with zero attached hydrogens (tertiary/aromatic N) is 1. The largest absolute Gasteiger partial charge is 0.348 e. The third-order valence-corrected chi connectivity index (χ3v) is 3.02. The zero-order valence-corrected chi connectivity index (χ0v) is 8.95. The van der Waals surface area contributed by atoms with Gasteiger partial charge in [-0.1, -0.05) is 0 Å². The Morgan fingerprint density at radius 3 is 1.82 bits per heavy atom. The van der Waals surface area contributed by atoms with Crippen LogP contribution in [0.5, 0.6) is 0 Å². The molecule has 0 fully saturated rings. The normalized spacial score (nSPS) is 11.4. The Morgan fingerprint density at radius 2 is 1.73 bits per heavy atom. The van der Waals surface area contributed by atoms with E-state index in [4.69, 9.17) is 0 Å². The predicted molar refractivity (Wildman–Crippen MR) is 54.5 cm³/mol. The van der Waals surface area contributed by atoms with Crippen LogP contribution in [0.1, 0.15) is 6.92 Å². The van der Waals surface area contributed by atoms with Crippen molar-refractivity contribution in [3.63, 3.8) is 0 Å². The third kappa shape index (κ3) is 2.60. The summed E-state index contributed by atoms with van der Waals surface area (Å²) in [6.07, 6.45) is 0. The van der Waals surface area contributed by atoms with E-state index in [1.165, 1.54) is 0 Å². The van der Waals surface area contributed by atoms with Crippen LogP contribution in [0.25, 0.3) is 0 Å². The molecule has 0 N–H and O–H groups in total. The lowest BCUT2D eigenvalue weighted by Crippen LogP contribution is -2.40. The Hall–Kier alpha value is 0.170. The smallest absolute Gasteiger partial charge is 0.229 e. The number of carbonyl (C=O) groups is 1. The van der Waals surface area contributed by atoms with Crippen LogP contribution in [0.3, 0.4) is 0 Å². The number of carbonyl (C=O) groups excluding carboxylic acids is 1. The molecule has 0 unspecified atom stereocenters. The summed E-state index contributed by atoms with van der Waals surface area (Å²) in [4.78, 5) is 13.0. The first kappa shape index (κ1) is 11.2. The Morgan fingerprint density at radius 1 is 1.36 bits per heavy atom. The molecule has 0 aliphatic carbocycles. The lowest BCUT2D eigenvalue weighted by molar-refractivity contribution is -0.136. The first-order valence-electron chi connectivity index (χ1n) is 3.41. The highest BCUT2D eigenvalue weighted by molar-refractivity contribution is 7.81. The van der Waals surface area contributed by atoms with E-state index in [2.05, 4.69) is 25.3 Å². The maximum atomic E-state index is 11.5. The quantitative estimate of drug-likeness (QED) is 0.639. The molecule has 0 aromatic carbocycles. The van der Waals surface area contributed by atoms with E-state index in [-0.39, 0.29) is 5.91 Å². The van der Waals surface area contributed by atoms with E-state index in [9.17, 15) is 4.79 Å². The van der Waals surface area contributed by atoms with Crippen LogP contribution < -0.4 is 0 Å². The summed E-state index contributed by atoms with van der Waals surface area (Å²) in [5.74, 6) is 1.16. The van der Waals surface area contributed by atoms with Crippen LogP contribution >= 0.6 is 25.3 Å². The van der Waals surface area contributed by atoms with E-state index in [1.807, 2.05) is 6.92 Å². The first-order valence-corrected chi connectivity index (χ1v) is 4.68. The molecule has 0 atom stereocenters. The Kier molecular flexibility index (Phi) is 4.32. The summed E-state index contributed by atoms with van der Waals surface area (Å²) in [7, 11) is 3.49. The molecule has 0 bridgehead atoms. The van der Waals surface area contributed by atoms with Gasteiger partial charge >= 0.3 is 0 Å². The second kappa shape index (κ2) is 4.26. The minimum atomic E-state index is -0.421. The minimum absolute atomic E-state index is 0.0856. The molecule has 4 heteroatoms. The molecule has 66 valence electrons. The van der Waals surface area contributed by atoms with Gasteiger partial charge in [0, 0.05) is 25.6 Å². The number of hydrogen-bond acceptors (Lipinski definition) is 3. The SMILES string of the molecule is CN(C)C(=O)C(C)(CS)CS. The van der Waals surface area contributed by atoms with Crippen molar-refractivity contribution in [2.24, 2.45) is 5.41 Å². The Bertz CT molecular complexity index is 143. The molecule has 0 spiro atoms. The van der Waals surface area contributed by atoms with Gasteiger partial charge in [0.25, 0.3) is 0 Å². The van der Waals surface area contributed by atoms with Gasteiger partial charge in [-0.2, -0.15) is 25.3 Å². The van der Waals surface area contributed by atoms with Gasteiger partial charge in [-0.05, 0) is 6.92 Å². The van der Waals surface area contributed by atoms with Crippen molar-refractivity contribution in [2.75, 3.05) is 25.6 Å². The predicted octanol–water partition coefficient (Wildman–Crippen LogP) is 0.940. The molecule has 0 saturated heterocycles. The summed E-state index contributed by atoms with van der Waals surface area (Å²) in [5, 5.41) is 0. The van der Waals surface area contributed by atoms with Gasteiger partial charge in [0.2, 0.25) is 5.91 Å². The van der Waals surface area contributed by atoms with Gasteiger partial charge in [0.05, 0.1) is 5.41 Å². The van der Waals surface area contributed by atoms with E-state index < -0.39 is 5.41 Å². The van der Waals surface area contributed by atoms with Crippen LogP contribution in [-0.4, -0.2) is 36.4 Å². The fourth-order valence-corrected chi connectivity index (χ4v) is 1.40. The molecular weight excluding hydrogens is 178 g/mol. The number of hydrogen-bond donors (Lipinski definition) is 2. The summed E-state index contributed by atoms with van der Waals surface area (Å²) < 4.78 is 0. The molecule has 0 aromatic heterocycles. The van der Waals surface area contributed by atoms with Crippen molar-refractivity contribution in [3.05, 3.63) is 0 Å². The van der Waals surface area contributed by atoms with E-state index in [1.54, 1.807) is 19.0 Å². The van der Waals surface area contributed by atoms with Gasteiger partial charge < -0.3 is 4.90 Å². The summed E-state index contributed by atoms with van der Waals surface area (Å²) in [6.45, 7) is 1.87. The summed E-state index contributed by atoms with van der Waals surface area (Å²) in [6, 6.07) is 0. The van der Waals surface area contributed by atoms with Crippen LogP contribution in [0.2, 0.25) is 0 Å². The molecule has 0 aliphatic heterocycles. The van der Waals surface area contributed by atoms with E-state index in [0.29, 0.717) is 11.5 Å². The molecule has 0 radical (unpaired) electrons. The monoisotopic (exact) mass is 193 g/mol. The fourth-order valence-electron chi connectivity index (χ4n) is 0.725. The Balaban J connectivity index is 4.37. The standard InChI is InChI=1S/C7H15NOS2/c1-7(4-10,5-11)6(9)8(2)3/h10-11H,4-5H2,1-3H3. The second-order valence-corrected chi connectivity index (χ2v) is 3.71. The molecule has 0 aliphatic rings. The topological polar surface area (TPSA) is 20.3 Å². The number of thiol groups is 2. The van der Waals surface area contributed by atoms with Gasteiger partial charge in [0.1, 0.15) is 0 Å². The minimum Gasteiger partial charge on any atom is -0.348 e. The van der Waals surface area contributed by atoms with Crippen LogP contribution in [0.4, 0.5) is 0 Å². The molecule has 0 heterocycles. The third-order valence-electron chi connectivity index (χ3n) is 1.62. The maximum Gasteiger partial charge on any atom is 0.229 e. The first-order chi connectivity index (χ1) is 4.98. The van der Waals surface area contributed by atoms with Crippen molar-refractivity contribution >= 4 is 31.2 Å². The zero-order chi connectivity index (χ0) is 9.07. The van der Waals surface area contributed by atoms with E-state index in [0.717, 1.165) is 0 Å². The number of amides is 1. The van der Waals surface area contributed by atoms with Crippen LogP contribution in [0.15, 0.2) is 0 Å². The average Bonchev–Trinajstić information content (AvgIpc) is 2.01. The van der Waals surface area contributed by atoms with Crippen molar-refractivity contribution in [3.8, 4) is 0 Å². The summed E-state index contributed by atoms with van der Waals surface area (Å²) in [5.41, 5.74) is -0.421. The van der Waals surface area contributed by atoms with Crippen molar-refractivity contribution < 1.29 is 4.79 Å². The molecule has 1 amide bonds. The van der Waals surface area contributed by atoms with Gasteiger partial charge in [-0.15, -0.1) is 0 Å². The molecule has 11 heavy (non-hydrogen) atoms. The highest BCUT2D eigenvalue weighted by Crippen LogP contribution is 2.21. The maximum absolute atomic E-state index is 11.5. The van der Waals surface area contributed by atoms with Gasteiger partial charge in [0.15, 0.2) is 0 Å². The molecular formula is C7H15NOS2. The lowest BCUT2D eigenvalue weighted by Gasteiger charge is -2.27. The fraction of sp³-hybridized carbons (Fsp3) is 0.857. The Labute approximate surface area is 79.2 Å². The van der Waals surface area contributed by atoms with Crippen molar-refractivity contribution in [1.29, 1.82) is 0 Å². The lowest BCUT2D eigenvalue weighted by atomic mass is 9.94. The van der Waals surface area contributed by atoms with Crippen LogP contribution in [0, 0.1) is 5.41 Å². The zero-order valence-electron chi connectivity index (χ0n) is 7.16. The highest BCUT2D eigenvalue weighted by atomic mass is 32.1. The van der Waals surface area contributed by atoms with Gasteiger partial charge in [-0.3, -0.25) is 4.79 Å². The second-order valence-electron chi connectivity index (χ2n) is 3.08. The molecule has 0 aromatic rings. The van der Waals surface area contributed by atoms with E-state index >= 15 is 0 Å². The molecule has 0 saturated carbocycles.